The number of ketones is 1. The Bertz CT molecular complexity index is 1290. The van der Waals surface area contributed by atoms with E-state index in [4.69, 9.17) is 9.15 Å². The summed E-state index contributed by atoms with van der Waals surface area (Å²) >= 11 is 3.43. The van der Waals surface area contributed by atoms with Gasteiger partial charge in [0.2, 0.25) is 5.78 Å². The van der Waals surface area contributed by atoms with E-state index in [1.807, 2.05) is 43.3 Å². The number of carbonyl (C=O) groups excluding carboxylic acids is 2. The van der Waals surface area contributed by atoms with Crippen LogP contribution in [-0.2, 0) is 4.79 Å². The number of aliphatic hydroxyl groups is 1. The first-order valence-electron chi connectivity index (χ1n) is 11.7. The first kappa shape index (κ1) is 22.7. The maximum Gasteiger partial charge on any atom is 0.290 e. The Morgan fingerprint density at radius 3 is 2.71 bits per heavy atom. The molecular weight excluding hydrogens is 498 g/mol. The number of fused-ring (bicyclic) bond motifs is 1. The largest absolute Gasteiger partial charge is 0.503 e. The number of carbonyl (C=O) groups is 2. The number of halogens is 1. The number of ether oxygens (including phenoxy) is 1. The highest BCUT2D eigenvalue weighted by atomic mass is 79.9. The average molecular weight is 524 g/mol. The average Bonchev–Trinajstić information content (AvgIpc) is 3.38. The van der Waals surface area contributed by atoms with Gasteiger partial charge in [-0.25, -0.2) is 0 Å². The van der Waals surface area contributed by atoms with Crippen molar-refractivity contribution in [1.82, 2.24) is 4.90 Å². The number of benzene rings is 2. The summed E-state index contributed by atoms with van der Waals surface area (Å²) in [5, 5.41) is 11.8. The molecule has 1 aromatic heterocycles. The molecule has 2 aliphatic rings. The van der Waals surface area contributed by atoms with Gasteiger partial charge in [-0.3, -0.25) is 9.59 Å². The Balaban J connectivity index is 1.60. The fourth-order valence-electron chi connectivity index (χ4n) is 5.12. The SMILES string of the molecule is CCOc1cccc(C2C(C(=O)c3cc4cc(Br)ccc4o3)=C(O)C(=O)N2C2CCCCC2)c1. The Kier molecular flexibility index (Phi) is 6.21. The molecular formula is C27H26BrNO5. The first-order valence-corrected chi connectivity index (χ1v) is 12.5. The lowest BCUT2D eigenvalue weighted by Crippen LogP contribution is -2.41. The zero-order valence-corrected chi connectivity index (χ0v) is 20.5. The summed E-state index contributed by atoms with van der Waals surface area (Å²) in [7, 11) is 0. The maximum atomic E-state index is 13.7. The molecule has 3 aromatic rings. The molecule has 34 heavy (non-hydrogen) atoms. The van der Waals surface area contributed by atoms with E-state index in [0.717, 1.165) is 47.5 Å². The van der Waals surface area contributed by atoms with Crippen LogP contribution < -0.4 is 4.74 Å². The van der Waals surface area contributed by atoms with Crippen LogP contribution in [0.1, 0.15) is 61.2 Å². The molecule has 1 amide bonds. The van der Waals surface area contributed by atoms with Crippen LogP contribution in [0.15, 0.2) is 68.8 Å². The van der Waals surface area contributed by atoms with Crippen molar-refractivity contribution in [1.29, 1.82) is 0 Å². The predicted octanol–water partition coefficient (Wildman–Crippen LogP) is 6.51. The second-order valence-electron chi connectivity index (χ2n) is 8.80. The van der Waals surface area contributed by atoms with E-state index in [1.165, 1.54) is 0 Å². The van der Waals surface area contributed by atoms with Crippen LogP contribution in [0.25, 0.3) is 11.0 Å². The molecule has 0 saturated heterocycles. The molecule has 1 saturated carbocycles. The molecule has 5 rings (SSSR count). The third kappa shape index (κ3) is 4.02. The quantitative estimate of drug-likeness (QED) is 0.372. The van der Waals surface area contributed by atoms with E-state index >= 15 is 0 Å². The molecule has 7 heteroatoms. The number of amides is 1. The van der Waals surface area contributed by atoms with Crippen molar-refractivity contribution in [2.75, 3.05) is 6.61 Å². The summed E-state index contributed by atoms with van der Waals surface area (Å²) in [6.45, 7) is 2.40. The highest BCUT2D eigenvalue weighted by Crippen LogP contribution is 2.44. The summed E-state index contributed by atoms with van der Waals surface area (Å²) in [6, 6.07) is 13.8. The monoisotopic (exact) mass is 523 g/mol. The molecule has 0 bridgehead atoms. The summed E-state index contributed by atoms with van der Waals surface area (Å²) in [4.78, 5) is 28.8. The number of hydrogen-bond acceptors (Lipinski definition) is 5. The van der Waals surface area contributed by atoms with Crippen LogP contribution in [0, 0.1) is 0 Å². The number of nitrogens with zero attached hydrogens (tertiary/aromatic N) is 1. The highest BCUT2D eigenvalue weighted by molar-refractivity contribution is 9.10. The second-order valence-corrected chi connectivity index (χ2v) is 9.71. The Labute approximate surface area is 206 Å². The van der Waals surface area contributed by atoms with Gasteiger partial charge in [-0.15, -0.1) is 0 Å². The minimum Gasteiger partial charge on any atom is -0.503 e. The smallest absolute Gasteiger partial charge is 0.290 e. The van der Waals surface area contributed by atoms with Crippen LogP contribution in [0.2, 0.25) is 0 Å². The molecule has 0 radical (unpaired) electrons. The Hall–Kier alpha value is -3.06. The molecule has 1 unspecified atom stereocenters. The highest BCUT2D eigenvalue weighted by Gasteiger charge is 2.47. The van der Waals surface area contributed by atoms with Gasteiger partial charge in [-0.1, -0.05) is 47.3 Å². The van der Waals surface area contributed by atoms with E-state index < -0.39 is 23.5 Å². The fourth-order valence-corrected chi connectivity index (χ4v) is 5.50. The third-order valence-electron chi connectivity index (χ3n) is 6.64. The van der Waals surface area contributed by atoms with Crippen molar-refractivity contribution < 1.29 is 23.8 Å². The molecule has 176 valence electrons. The topological polar surface area (TPSA) is 80.0 Å². The summed E-state index contributed by atoms with van der Waals surface area (Å²) in [5.74, 6) is -0.727. The lowest BCUT2D eigenvalue weighted by molar-refractivity contribution is -0.132. The number of rotatable bonds is 6. The number of aliphatic hydroxyl groups excluding tert-OH is 1. The fraction of sp³-hybridized carbons (Fsp3) is 0.333. The van der Waals surface area contributed by atoms with Gasteiger partial charge in [-0.2, -0.15) is 0 Å². The van der Waals surface area contributed by atoms with Gasteiger partial charge in [0.15, 0.2) is 11.5 Å². The second kappa shape index (κ2) is 9.29. The van der Waals surface area contributed by atoms with Crippen LogP contribution in [-0.4, -0.2) is 34.3 Å². The lowest BCUT2D eigenvalue weighted by Gasteiger charge is -2.36. The minimum absolute atomic E-state index is 0.0407. The molecule has 1 atom stereocenters. The standard InChI is InChI=1S/C27H26BrNO5/c1-2-33-20-10-6-7-16(14-20)24-23(26(31)27(32)29(24)19-8-4-3-5-9-19)25(30)22-15-17-13-18(28)11-12-21(17)34-22/h6-7,10-15,19,24,31H,2-5,8-9H2,1H3. The van der Waals surface area contributed by atoms with E-state index in [-0.39, 0.29) is 17.4 Å². The van der Waals surface area contributed by atoms with Crippen LogP contribution >= 0.6 is 15.9 Å². The van der Waals surface area contributed by atoms with Gasteiger partial charge in [0.05, 0.1) is 18.2 Å². The summed E-state index contributed by atoms with van der Waals surface area (Å²) in [6.07, 6.45) is 4.86. The van der Waals surface area contributed by atoms with Gasteiger partial charge in [0, 0.05) is 15.9 Å². The first-order chi connectivity index (χ1) is 16.5. The van der Waals surface area contributed by atoms with Crippen molar-refractivity contribution in [3.05, 3.63) is 75.7 Å². The zero-order valence-electron chi connectivity index (χ0n) is 18.9. The Morgan fingerprint density at radius 1 is 1.15 bits per heavy atom. The van der Waals surface area contributed by atoms with Crippen LogP contribution in [0.3, 0.4) is 0 Å². The number of furan rings is 1. The van der Waals surface area contributed by atoms with E-state index in [1.54, 1.807) is 17.0 Å². The molecule has 1 aliphatic heterocycles. The molecule has 2 heterocycles. The van der Waals surface area contributed by atoms with Gasteiger partial charge in [0.1, 0.15) is 11.3 Å². The van der Waals surface area contributed by atoms with E-state index in [2.05, 4.69) is 15.9 Å². The summed E-state index contributed by atoms with van der Waals surface area (Å²) in [5.41, 5.74) is 1.36. The number of Topliss-reactive ketones (excluding diaryl/α,β-unsaturated/α-hetero) is 1. The molecule has 1 N–H and O–H groups in total. The van der Waals surface area contributed by atoms with E-state index in [0.29, 0.717) is 17.9 Å². The van der Waals surface area contributed by atoms with Gasteiger partial charge in [-0.05, 0) is 61.7 Å². The molecule has 6 nitrogen and oxygen atoms in total. The van der Waals surface area contributed by atoms with Crippen molar-refractivity contribution >= 4 is 38.6 Å². The lowest BCUT2D eigenvalue weighted by atomic mass is 9.90. The van der Waals surface area contributed by atoms with Crippen LogP contribution in [0.5, 0.6) is 5.75 Å². The van der Waals surface area contributed by atoms with Crippen molar-refractivity contribution in [3.63, 3.8) is 0 Å². The molecule has 1 aliphatic carbocycles. The van der Waals surface area contributed by atoms with Crippen molar-refractivity contribution in [2.24, 2.45) is 0 Å². The van der Waals surface area contributed by atoms with E-state index in [9.17, 15) is 14.7 Å². The molecule has 0 spiro atoms. The summed E-state index contributed by atoms with van der Waals surface area (Å²) < 4.78 is 12.4. The Morgan fingerprint density at radius 2 is 1.94 bits per heavy atom. The normalized spacial score (nSPS) is 19.3. The van der Waals surface area contributed by atoms with Crippen LogP contribution in [0.4, 0.5) is 0 Å². The zero-order chi connectivity index (χ0) is 23.8. The third-order valence-corrected chi connectivity index (χ3v) is 7.14. The van der Waals surface area contributed by atoms with Crippen molar-refractivity contribution in [2.45, 2.75) is 51.1 Å². The maximum absolute atomic E-state index is 13.7. The minimum atomic E-state index is -0.705. The number of hydrogen-bond donors (Lipinski definition) is 1. The van der Waals surface area contributed by atoms with Gasteiger partial charge < -0.3 is 19.2 Å². The van der Waals surface area contributed by atoms with Gasteiger partial charge >= 0.3 is 0 Å². The van der Waals surface area contributed by atoms with Crippen molar-refractivity contribution in [3.8, 4) is 5.75 Å². The molecule has 2 aromatic carbocycles. The molecule has 1 fully saturated rings. The predicted molar refractivity (Wildman–Crippen MR) is 132 cm³/mol. The van der Waals surface area contributed by atoms with Gasteiger partial charge in [0.25, 0.3) is 5.91 Å².